The second kappa shape index (κ2) is 7.83. The molecule has 1 aromatic rings. The molecule has 0 radical (unpaired) electrons. The van der Waals surface area contributed by atoms with Crippen molar-refractivity contribution >= 4 is 11.8 Å². The minimum Gasteiger partial charge on any atom is -0.467 e. The number of carbonyl (C=O) groups is 2. The zero-order chi connectivity index (χ0) is 16.9. The Kier molecular flexibility index (Phi) is 5.56. The lowest BCUT2D eigenvalue weighted by Crippen LogP contribution is -2.45. The lowest BCUT2D eigenvalue weighted by Gasteiger charge is -2.33. The molecular weight excluding hydrogens is 308 g/mol. The van der Waals surface area contributed by atoms with Crippen molar-refractivity contribution in [2.24, 2.45) is 11.8 Å². The third kappa shape index (κ3) is 3.64. The van der Waals surface area contributed by atoms with Gasteiger partial charge in [0.1, 0.15) is 11.8 Å². The molecule has 2 fully saturated rings. The van der Waals surface area contributed by atoms with Crippen LogP contribution < -0.4 is 5.32 Å². The fourth-order valence-corrected chi connectivity index (χ4v) is 3.89. The number of hydrogen-bond donors (Lipinski definition) is 2. The van der Waals surface area contributed by atoms with Crippen molar-refractivity contribution in [1.29, 1.82) is 0 Å². The molecular formula is C18H26N2O4. The Morgan fingerprint density at radius 1 is 1.21 bits per heavy atom. The molecule has 1 aromatic heterocycles. The van der Waals surface area contributed by atoms with Crippen LogP contribution in [0, 0.1) is 11.8 Å². The Morgan fingerprint density at radius 2 is 1.92 bits per heavy atom. The summed E-state index contributed by atoms with van der Waals surface area (Å²) in [5, 5.41) is 12.4. The number of carbonyl (C=O) groups excluding carboxylic acids is 2. The van der Waals surface area contributed by atoms with Gasteiger partial charge in [-0.3, -0.25) is 9.59 Å². The lowest BCUT2D eigenvalue weighted by atomic mass is 9.77. The van der Waals surface area contributed by atoms with Crippen LogP contribution in [-0.2, 0) is 9.59 Å². The monoisotopic (exact) mass is 334 g/mol. The topological polar surface area (TPSA) is 82.8 Å². The van der Waals surface area contributed by atoms with E-state index in [1.54, 1.807) is 12.1 Å². The summed E-state index contributed by atoms with van der Waals surface area (Å²) in [5.41, 5.74) is 0. The van der Waals surface area contributed by atoms with Crippen molar-refractivity contribution in [3.8, 4) is 0 Å². The molecule has 1 saturated heterocycles. The lowest BCUT2D eigenvalue weighted by molar-refractivity contribution is -0.143. The van der Waals surface area contributed by atoms with E-state index in [4.69, 9.17) is 4.42 Å². The third-order valence-electron chi connectivity index (χ3n) is 5.22. The maximum absolute atomic E-state index is 12.8. The van der Waals surface area contributed by atoms with Crippen molar-refractivity contribution < 1.29 is 19.1 Å². The molecule has 6 nitrogen and oxygen atoms in total. The SMILES string of the molecule is O=C(NC(CO)c1ccco1)C1CCCCC1C(=O)N1CCCC1. The summed E-state index contributed by atoms with van der Waals surface area (Å²) < 4.78 is 5.28. The third-order valence-corrected chi connectivity index (χ3v) is 5.22. The number of aliphatic hydroxyl groups is 1. The quantitative estimate of drug-likeness (QED) is 0.861. The molecule has 3 unspecified atom stereocenters. The smallest absolute Gasteiger partial charge is 0.226 e. The molecule has 1 saturated carbocycles. The highest BCUT2D eigenvalue weighted by atomic mass is 16.3. The van der Waals surface area contributed by atoms with Gasteiger partial charge in [-0.05, 0) is 37.8 Å². The molecule has 2 N–H and O–H groups in total. The standard InChI is InChI=1S/C18H26N2O4/c21-12-15(16-8-5-11-24-16)19-17(22)13-6-1-2-7-14(13)18(23)20-9-3-4-10-20/h5,8,11,13-15,21H,1-4,6-7,9-10,12H2,(H,19,22). The molecule has 2 amide bonds. The number of furan rings is 1. The molecule has 132 valence electrons. The predicted octanol–water partition coefficient (Wildman–Crippen LogP) is 1.86. The Labute approximate surface area is 142 Å². The van der Waals surface area contributed by atoms with E-state index in [1.807, 2.05) is 4.90 Å². The summed E-state index contributed by atoms with van der Waals surface area (Å²) >= 11 is 0. The Hall–Kier alpha value is -1.82. The largest absolute Gasteiger partial charge is 0.467 e. The molecule has 24 heavy (non-hydrogen) atoms. The molecule has 1 aliphatic heterocycles. The van der Waals surface area contributed by atoms with Gasteiger partial charge in [-0.15, -0.1) is 0 Å². The second-order valence-corrected chi connectivity index (χ2v) is 6.79. The zero-order valence-electron chi connectivity index (χ0n) is 13.9. The van der Waals surface area contributed by atoms with Crippen molar-refractivity contribution in [3.63, 3.8) is 0 Å². The fraction of sp³-hybridized carbons (Fsp3) is 0.667. The van der Waals surface area contributed by atoms with Crippen LogP contribution in [0.15, 0.2) is 22.8 Å². The van der Waals surface area contributed by atoms with Gasteiger partial charge in [0.05, 0.1) is 12.9 Å². The minimum absolute atomic E-state index is 0.130. The van der Waals surface area contributed by atoms with Crippen LogP contribution in [0.3, 0.4) is 0 Å². The molecule has 1 aliphatic carbocycles. The van der Waals surface area contributed by atoms with Gasteiger partial charge < -0.3 is 19.7 Å². The van der Waals surface area contributed by atoms with Gasteiger partial charge >= 0.3 is 0 Å². The van der Waals surface area contributed by atoms with E-state index in [1.165, 1.54) is 6.26 Å². The van der Waals surface area contributed by atoms with Crippen LogP contribution >= 0.6 is 0 Å². The van der Waals surface area contributed by atoms with Crippen molar-refractivity contribution in [3.05, 3.63) is 24.2 Å². The van der Waals surface area contributed by atoms with Gasteiger partial charge in [0.15, 0.2) is 0 Å². The van der Waals surface area contributed by atoms with Crippen molar-refractivity contribution in [1.82, 2.24) is 10.2 Å². The number of nitrogens with one attached hydrogen (secondary N) is 1. The van der Waals surface area contributed by atoms with Crippen LogP contribution in [0.4, 0.5) is 0 Å². The Morgan fingerprint density at radius 3 is 2.54 bits per heavy atom. The number of aliphatic hydroxyl groups excluding tert-OH is 1. The van der Waals surface area contributed by atoms with E-state index in [-0.39, 0.29) is 30.3 Å². The molecule has 2 aliphatic rings. The van der Waals surface area contributed by atoms with Gasteiger partial charge in [-0.1, -0.05) is 12.8 Å². The number of likely N-dealkylation sites (tertiary alicyclic amines) is 1. The van der Waals surface area contributed by atoms with Gasteiger partial charge in [0.25, 0.3) is 0 Å². The van der Waals surface area contributed by atoms with Crippen LogP contribution in [0.5, 0.6) is 0 Å². The first-order valence-corrected chi connectivity index (χ1v) is 8.94. The Bertz CT molecular complexity index is 551. The van der Waals surface area contributed by atoms with E-state index in [2.05, 4.69) is 5.32 Å². The highest BCUT2D eigenvalue weighted by Crippen LogP contribution is 2.33. The first kappa shape index (κ1) is 17.0. The number of rotatable bonds is 5. The first-order valence-electron chi connectivity index (χ1n) is 8.94. The van der Waals surface area contributed by atoms with Crippen LogP contribution in [0.25, 0.3) is 0 Å². The van der Waals surface area contributed by atoms with E-state index < -0.39 is 6.04 Å². The van der Waals surface area contributed by atoms with Gasteiger partial charge in [-0.2, -0.15) is 0 Å². The van der Waals surface area contributed by atoms with Crippen LogP contribution in [0.1, 0.15) is 50.3 Å². The normalized spacial score (nSPS) is 25.5. The van der Waals surface area contributed by atoms with E-state index >= 15 is 0 Å². The van der Waals surface area contributed by atoms with E-state index in [0.717, 1.165) is 51.6 Å². The minimum atomic E-state index is -0.558. The highest BCUT2D eigenvalue weighted by molar-refractivity contribution is 5.88. The van der Waals surface area contributed by atoms with Crippen molar-refractivity contribution in [2.45, 2.75) is 44.6 Å². The van der Waals surface area contributed by atoms with E-state index in [9.17, 15) is 14.7 Å². The van der Waals surface area contributed by atoms with Crippen LogP contribution in [-0.4, -0.2) is 41.5 Å². The van der Waals surface area contributed by atoms with Gasteiger partial charge in [0, 0.05) is 24.9 Å². The molecule has 6 heteroatoms. The molecule has 0 spiro atoms. The van der Waals surface area contributed by atoms with Gasteiger partial charge in [0.2, 0.25) is 11.8 Å². The predicted molar refractivity (Wildman–Crippen MR) is 87.9 cm³/mol. The first-order chi connectivity index (χ1) is 11.7. The summed E-state index contributed by atoms with van der Waals surface area (Å²) in [5.74, 6) is -0.0265. The summed E-state index contributed by atoms with van der Waals surface area (Å²) in [6.07, 6.45) is 7.09. The molecule has 3 rings (SSSR count). The molecule has 2 heterocycles. The number of nitrogens with zero attached hydrogens (tertiary/aromatic N) is 1. The second-order valence-electron chi connectivity index (χ2n) is 6.79. The summed E-state index contributed by atoms with van der Waals surface area (Å²) in [4.78, 5) is 27.4. The van der Waals surface area contributed by atoms with E-state index in [0.29, 0.717) is 5.76 Å². The Balaban J connectivity index is 1.67. The number of amides is 2. The maximum atomic E-state index is 12.8. The number of hydrogen-bond acceptors (Lipinski definition) is 4. The summed E-state index contributed by atoms with van der Waals surface area (Å²) in [6, 6.07) is 2.90. The molecule has 0 bridgehead atoms. The summed E-state index contributed by atoms with van der Waals surface area (Å²) in [6.45, 7) is 1.40. The highest BCUT2D eigenvalue weighted by Gasteiger charge is 2.39. The summed E-state index contributed by atoms with van der Waals surface area (Å²) in [7, 11) is 0. The molecule has 0 aromatic carbocycles. The van der Waals surface area contributed by atoms with Crippen LogP contribution in [0.2, 0.25) is 0 Å². The zero-order valence-corrected chi connectivity index (χ0v) is 13.9. The van der Waals surface area contributed by atoms with Gasteiger partial charge in [-0.25, -0.2) is 0 Å². The average molecular weight is 334 g/mol. The fourth-order valence-electron chi connectivity index (χ4n) is 3.89. The molecule has 3 atom stereocenters. The average Bonchev–Trinajstić information content (AvgIpc) is 3.32. The van der Waals surface area contributed by atoms with Crippen molar-refractivity contribution in [2.75, 3.05) is 19.7 Å². The maximum Gasteiger partial charge on any atom is 0.226 e.